The Morgan fingerprint density at radius 2 is 2.07 bits per heavy atom. The lowest BCUT2D eigenvalue weighted by Gasteiger charge is -2.23. The van der Waals surface area contributed by atoms with E-state index in [4.69, 9.17) is 9.47 Å². The molecule has 2 aromatic rings. The number of aromatic nitrogens is 1. The fourth-order valence-electron chi connectivity index (χ4n) is 3.52. The fourth-order valence-corrected chi connectivity index (χ4v) is 3.52. The van der Waals surface area contributed by atoms with Gasteiger partial charge in [-0.1, -0.05) is 0 Å². The molecule has 0 saturated heterocycles. The van der Waals surface area contributed by atoms with Gasteiger partial charge in [-0.05, 0) is 51.1 Å². The predicted octanol–water partition coefficient (Wildman–Crippen LogP) is 3.95. The van der Waals surface area contributed by atoms with Crippen molar-refractivity contribution in [3.63, 3.8) is 0 Å². The number of nitrogens with one attached hydrogen (secondary N) is 1. The number of benzene rings is 1. The molecule has 0 atom stereocenters. The Morgan fingerprint density at radius 3 is 2.83 bits per heavy atom. The lowest BCUT2D eigenvalue weighted by Crippen LogP contribution is -2.21. The summed E-state index contributed by atoms with van der Waals surface area (Å²) in [6, 6.07) is 5.82. The highest BCUT2D eigenvalue weighted by atomic mass is 19.1. The van der Waals surface area contributed by atoms with E-state index < -0.39 is 17.4 Å². The number of pyridine rings is 1. The van der Waals surface area contributed by atoms with Crippen LogP contribution < -0.4 is 5.32 Å². The number of esters is 1. The number of nitrogens with zero attached hydrogens (tertiary/aromatic N) is 1. The molecule has 0 bridgehead atoms. The van der Waals surface area contributed by atoms with Gasteiger partial charge in [-0.15, -0.1) is 0 Å². The molecule has 6 nitrogen and oxygen atoms in total. The molecule has 0 fully saturated rings. The molecular formula is C22H19FN2O4. The molecule has 0 spiro atoms. The number of hydrogen-bond donors (Lipinski definition) is 1. The van der Waals surface area contributed by atoms with Crippen LogP contribution in [0.1, 0.15) is 42.3 Å². The summed E-state index contributed by atoms with van der Waals surface area (Å²) in [6.07, 6.45) is 4.84. The van der Waals surface area contributed by atoms with Gasteiger partial charge in [-0.25, -0.2) is 9.18 Å². The Hall–Kier alpha value is -3.48. The smallest absolute Gasteiger partial charge is 0.339 e. The van der Waals surface area contributed by atoms with Crippen LogP contribution in [0.15, 0.2) is 48.5 Å². The van der Waals surface area contributed by atoms with Gasteiger partial charge in [0.05, 0.1) is 23.4 Å². The van der Waals surface area contributed by atoms with Crippen molar-refractivity contribution in [2.45, 2.75) is 26.4 Å². The number of allylic oxidation sites excluding steroid dienone is 1. The number of amides is 1. The van der Waals surface area contributed by atoms with Crippen LogP contribution in [0, 0.1) is 5.82 Å². The largest absolute Gasteiger partial charge is 0.482 e. The first-order valence-corrected chi connectivity index (χ1v) is 9.19. The van der Waals surface area contributed by atoms with Gasteiger partial charge in [-0.3, -0.25) is 9.78 Å². The molecule has 1 N–H and O–H groups in total. The average Bonchev–Trinajstić information content (AvgIpc) is 3.16. The van der Waals surface area contributed by atoms with E-state index in [1.54, 1.807) is 31.3 Å². The Kier molecular flexibility index (Phi) is 4.45. The van der Waals surface area contributed by atoms with Gasteiger partial charge < -0.3 is 14.8 Å². The van der Waals surface area contributed by atoms with E-state index in [0.29, 0.717) is 33.7 Å². The summed E-state index contributed by atoms with van der Waals surface area (Å²) in [7, 11) is 0. The molecule has 1 amide bonds. The zero-order chi connectivity index (χ0) is 20.8. The summed E-state index contributed by atoms with van der Waals surface area (Å²) in [5.41, 5.74) is 2.36. The Labute approximate surface area is 167 Å². The highest BCUT2D eigenvalue weighted by Gasteiger charge is 2.38. The summed E-state index contributed by atoms with van der Waals surface area (Å²) in [5.74, 6) is -0.855. The van der Waals surface area contributed by atoms with Gasteiger partial charge in [-0.2, -0.15) is 0 Å². The van der Waals surface area contributed by atoms with E-state index >= 15 is 0 Å². The molecule has 2 aliphatic heterocycles. The van der Waals surface area contributed by atoms with Crippen LogP contribution >= 0.6 is 0 Å². The summed E-state index contributed by atoms with van der Waals surface area (Å²) in [4.78, 5) is 28.7. The summed E-state index contributed by atoms with van der Waals surface area (Å²) in [5, 5.41) is 2.67. The second-order valence-electron chi connectivity index (χ2n) is 7.24. The van der Waals surface area contributed by atoms with Crippen LogP contribution in [-0.2, 0) is 14.3 Å². The van der Waals surface area contributed by atoms with Gasteiger partial charge in [0.15, 0.2) is 0 Å². The highest BCUT2D eigenvalue weighted by molar-refractivity contribution is 6.32. The van der Waals surface area contributed by atoms with E-state index in [0.717, 1.165) is 5.57 Å². The maximum atomic E-state index is 13.5. The van der Waals surface area contributed by atoms with Crippen molar-refractivity contribution in [1.82, 2.24) is 4.98 Å². The summed E-state index contributed by atoms with van der Waals surface area (Å²) in [6.45, 7) is 5.73. The molecule has 0 unspecified atom stereocenters. The van der Waals surface area contributed by atoms with Crippen LogP contribution in [0.25, 0.3) is 11.1 Å². The third-order valence-corrected chi connectivity index (χ3v) is 4.82. The van der Waals surface area contributed by atoms with Crippen LogP contribution in [0.3, 0.4) is 0 Å². The van der Waals surface area contributed by atoms with Crippen LogP contribution in [0.2, 0.25) is 0 Å². The van der Waals surface area contributed by atoms with Crippen LogP contribution in [0.5, 0.6) is 0 Å². The van der Waals surface area contributed by atoms with E-state index in [9.17, 15) is 14.0 Å². The number of ether oxygens (including phenoxy) is 2. The average molecular weight is 394 g/mol. The zero-order valence-electron chi connectivity index (χ0n) is 16.2. The molecule has 3 heterocycles. The normalized spacial score (nSPS) is 19.3. The monoisotopic (exact) mass is 394 g/mol. The Morgan fingerprint density at radius 1 is 1.28 bits per heavy atom. The second-order valence-corrected chi connectivity index (χ2v) is 7.24. The third kappa shape index (κ3) is 3.29. The molecule has 4 rings (SSSR count). The first kappa shape index (κ1) is 18.9. The van der Waals surface area contributed by atoms with Gasteiger partial charge in [0.25, 0.3) is 5.91 Å². The molecule has 29 heavy (non-hydrogen) atoms. The maximum Gasteiger partial charge on any atom is 0.339 e. The van der Waals surface area contributed by atoms with Crippen molar-refractivity contribution in [2.75, 3.05) is 11.9 Å². The Bertz CT molecular complexity index is 1100. The maximum absolute atomic E-state index is 13.5. The van der Waals surface area contributed by atoms with Crippen molar-refractivity contribution in [3.05, 3.63) is 71.0 Å². The van der Waals surface area contributed by atoms with Crippen molar-refractivity contribution >= 4 is 28.7 Å². The summed E-state index contributed by atoms with van der Waals surface area (Å²) >= 11 is 0. The molecule has 7 heteroatoms. The Balaban J connectivity index is 1.80. The number of fused-ring (bicyclic) bond motifs is 1. The summed E-state index contributed by atoms with van der Waals surface area (Å²) < 4.78 is 24.6. The lowest BCUT2D eigenvalue weighted by molar-refractivity contribution is -0.111. The standard InChI is InChI=1S/C22H19FN2O4/c1-4-28-21(27)13-7-12(10-24-11-13)16-9-18(29-22(16,2)3)19-15-6-5-14(23)8-17(15)25-20(19)26/h5-11H,4H2,1-3H3,(H,25,26)/b19-18+. The molecule has 2 aliphatic rings. The molecular weight excluding hydrogens is 375 g/mol. The molecule has 1 aromatic heterocycles. The van der Waals surface area contributed by atoms with E-state index in [-0.39, 0.29) is 12.5 Å². The molecule has 0 saturated carbocycles. The van der Waals surface area contributed by atoms with Crippen LogP contribution in [0.4, 0.5) is 10.1 Å². The van der Waals surface area contributed by atoms with Crippen LogP contribution in [-0.4, -0.2) is 29.1 Å². The quantitative estimate of drug-likeness (QED) is 0.630. The third-order valence-electron chi connectivity index (χ3n) is 4.82. The first-order valence-electron chi connectivity index (χ1n) is 9.19. The number of carbonyl (C=O) groups is 2. The number of carbonyl (C=O) groups excluding carboxylic acids is 2. The topological polar surface area (TPSA) is 77.5 Å². The van der Waals surface area contributed by atoms with Crippen molar-refractivity contribution in [3.8, 4) is 0 Å². The van der Waals surface area contributed by atoms with Crippen molar-refractivity contribution < 1.29 is 23.5 Å². The zero-order valence-corrected chi connectivity index (χ0v) is 16.2. The predicted molar refractivity (Wildman–Crippen MR) is 105 cm³/mol. The van der Waals surface area contributed by atoms with Gasteiger partial charge >= 0.3 is 5.97 Å². The number of hydrogen-bond acceptors (Lipinski definition) is 5. The van der Waals surface area contributed by atoms with E-state index in [1.165, 1.54) is 18.3 Å². The minimum Gasteiger partial charge on any atom is -0.482 e. The lowest BCUT2D eigenvalue weighted by atomic mass is 9.92. The van der Waals surface area contributed by atoms with Gasteiger partial charge in [0, 0.05) is 29.1 Å². The van der Waals surface area contributed by atoms with Gasteiger partial charge in [0.1, 0.15) is 17.2 Å². The van der Waals surface area contributed by atoms with E-state index in [1.807, 2.05) is 13.8 Å². The number of anilines is 1. The van der Waals surface area contributed by atoms with Gasteiger partial charge in [0.2, 0.25) is 0 Å². The van der Waals surface area contributed by atoms with Crippen molar-refractivity contribution in [2.24, 2.45) is 0 Å². The number of halogens is 1. The van der Waals surface area contributed by atoms with Crippen molar-refractivity contribution in [1.29, 1.82) is 0 Å². The SMILES string of the molecule is CCOC(=O)c1cncc(C2=C/C(=C3\C(=O)Nc4cc(F)ccc43)OC2(C)C)c1. The van der Waals surface area contributed by atoms with E-state index in [2.05, 4.69) is 10.3 Å². The number of rotatable bonds is 3. The molecule has 0 aliphatic carbocycles. The first-order chi connectivity index (χ1) is 13.8. The molecule has 1 aromatic carbocycles. The fraction of sp³-hybridized carbons (Fsp3) is 0.227. The highest BCUT2D eigenvalue weighted by Crippen LogP contribution is 2.44. The second kappa shape index (κ2) is 6.84. The minimum atomic E-state index is -0.764. The molecule has 0 radical (unpaired) electrons. The minimum absolute atomic E-state index is 0.270. The molecule has 148 valence electrons.